The van der Waals surface area contributed by atoms with Crippen LogP contribution in [0.4, 0.5) is 0 Å². The Morgan fingerprint density at radius 2 is 2.07 bits per heavy atom. The Morgan fingerprint density at radius 3 is 2.57 bits per heavy atom. The van der Waals surface area contributed by atoms with Gasteiger partial charge in [0, 0.05) is 17.5 Å². The SMILES string of the molecule is CC(CCl)NC(=O)c1ccc(O)cc1. The van der Waals surface area contributed by atoms with Crippen LogP contribution in [0.25, 0.3) is 0 Å². The zero-order valence-electron chi connectivity index (χ0n) is 7.83. The molecule has 1 unspecified atom stereocenters. The van der Waals surface area contributed by atoms with Gasteiger partial charge in [-0.1, -0.05) is 0 Å². The number of hydrogen-bond donors (Lipinski definition) is 2. The Balaban J connectivity index is 2.65. The van der Waals surface area contributed by atoms with Gasteiger partial charge in [-0.3, -0.25) is 4.79 Å². The second-order valence-corrected chi connectivity index (χ2v) is 3.38. The first-order valence-corrected chi connectivity index (χ1v) is 4.83. The molecule has 4 heteroatoms. The molecular formula is C10H12ClNO2. The zero-order valence-corrected chi connectivity index (χ0v) is 8.58. The summed E-state index contributed by atoms with van der Waals surface area (Å²) in [6.07, 6.45) is 0. The van der Waals surface area contributed by atoms with Crippen LogP contribution in [-0.4, -0.2) is 22.9 Å². The molecule has 0 heterocycles. The lowest BCUT2D eigenvalue weighted by Crippen LogP contribution is -2.33. The van der Waals surface area contributed by atoms with E-state index < -0.39 is 0 Å². The number of nitrogens with one attached hydrogen (secondary N) is 1. The maximum atomic E-state index is 11.5. The summed E-state index contributed by atoms with van der Waals surface area (Å²) in [6.45, 7) is 1.82. The molecule has 14 heavy (non-hydrogen) atoms. The fourth-order valence-electron chi connectivity index (χ4n) is 0.959. The Morgan fingerprint density at radius 1 is 1.50 bits per heavy atom. The first-order valence-electron chi connectivity index (χ1n) is 4.29. The van der Waals surface area contributed by atoms with Crippen molar-refractivity contribution in [1.82, 2.24) is 5.32 Å². The van der Waals surface area contributed by atoms with Gasteiger partial charge in [-0.2, -0.15) is 0 Å². The molecule has 0 bridgehead atoms. The highest BCUT2D eigenvalue weighted by Crippen LogP contribution is 2.09. The number of aromatic hydroxyl groups is 1. The van der Waals surface area contributed by atoms with E-state index in [1.54, 1.807) is 12.1 Å². The van der Waals surface area contributed by atoms with Crippen molar-refractivity contribution in [2.75, 3.05) is 5.88 Å². The van der Waals surface area contributed by atoms with Crippen molar-refractivity contribution in [3.05, 3.63) is 29.8 Å². The number of carbonyl (C=O) groups excluding carboxylic acids is 1. The van der Waals surface area contributed by atoms with Crippen LogP contribution in [-0.2, 0) is 0 Å². The van der Waals surface area contributed by atoms with Crippen molar-refractivity contribution >= 4 is 17.5 Å². The Kier molecular flexibility index (Phi) is 3.77. The van der Waals surface area contributed by atoms with Crippen LogP contribution in [0.2, 0.25) is 0 Å². The number of benzene rings is 1. The summed E-state index contributed by atoms with van der Waals surface area (Å²) in [4.78, 5) is 11.5. The second kappa shape index (κ2) is 4.86. The first-order chi connectivity index (χ1) is 6.63. The molecule has 76 valence electrons. The highest BCUT2D eigenvalue weighted by atomic mass is 35.5. The minimum atomic E-state index is -0.182. The maximum absolute atomic E-state index is 11.5. The fourth-order valence-corrected chi connectivity index (χ4v) is 1.04. The molecule has 0 aliphatic rings. The molecule has 0 saturated heterocycles. The smallest absolute Gasteiger partial charge is 0.251 e. The largest absolute Gasteiger partial charge is 0.508 e. The molecule has 0 radical (unpaired) electrons. The van der Waals surface area contributed by atoms with Gasteiger partial charge in [0.15, 0.2) is 0 Å². The van der Waals surface area contributed by atoms with E-state index in [1.165, 1.54) is 12.1 Å². The molecule has 1 aromatic carbocycles. The van der Waals surface area contributed by atoms with Crippen LogP contribution in [0.5, 0.6) is 5.75 Å². The number of alkyl halides is 1. The van der Waals surface area contributed by atoms with Gasteiger partial charge in [-0.25, -0.2) is 0 Å². The molecule has 3 nitrogen and oxygen atoms in total. The van der Waals surface area contributed by atoms with Gasteiger partial charge in [-0.15, -0.1) is 11.6 Å². The Bertz CT molecular complexity index is 310. The van der Waals surface area contributed by atoms with Crippen molar-refractivity contribution in [3.63, 3.8) is 0 Å². The normalized spacial score (nSPS) is 12.1. The number of hydrogen-bond acceptors (Lipinski definition) is 2. The van der Waals surface area contributed by atoms with Gasteiger partial charge < -0.3 is 10.4 Å². The number of rotatable bonds is 3. The third kappa shape index (κ3) is 2.92. The van der Waals surface area contributed by atoms with Crippen LogP contribution in [0, 0.1) is 0 Å². The zero-order chi connectivity index (χ0) is 10.6. The summed E-state index contributed by atoms with van der Waals surface area (Å²) in [5.74, 6) is 0.342. The summed E-state index contributed by atoms with van der Waals surface area (Å²) >= 11 is 5.55. The third-order valence-electron chi connectivity index (χ3n) is 1.74. The van der Waals surface area contributed by atoms with Crippen molar-refractivity contribution in [2.45, 2.75) is 13.0 Å². The van der Waals surface area contributed by atoms with Crippen LogP contribution in [0.15, 0.2) is 24.3 Å². The molecular weight excluding hydrogens is 202 g/mol. The minimum Gasteiger partial charge on any atom is -0.508 e. The summed E-state index contributed by atoms with van der Waals surface area (Å²) in [7, 11) is 0. The quantitative estimate of drug-likeness (QED) is 0.752. The van der Waals surface area contributed by atoms with E-state index in [9.17, 15) is 4.79 Å². The van der Waals surface area contributed by atoms with E-state index in [-0.39, 0.29) is 17.7 Å². The summed E-state index contributed by atoms with van der Waals surface area (Å²) in [6, 6.07) is 6.01. The van der Waals surface area contributed by atoms with E-state index in [0.717, 1.165) is 0 Å². The standard InChI is InChI=1S/C10H12ClNO2/c1-7(6-11)12-10(14)8-2-4-9(13)5-3-8/h2-5,7,13H,6H2,1H3,(H,12,14). The average Bonchev–Trinajstić information content (AvgIpc) is 2.18. The van der Waals surface area contributed by atoms with Crippen LogP contribution in [0.3, 0.4) is 0 Å². The van der Waals surface area contributed by atoms with Crippen LogP contribution >= 0.6 is 11.6 Å². The Hall–Kier alpha value is -1.22. The molecule has 1 rings (SSSR count). The van der Waals surface area contributed by atoms with Crippen LogP contribution < -0.4 is 5.32 Å². The first kappa shape index (κ1) is 10.9. The molecule has 1 atom stereocenters. The van der Waals surface area contributed by atoms with Gasteiger partial charge >= 0.3 is 0 Å². The molecule has 1 aromatic rings. The van der Waals surface area contributed by atoms with Crippen molar-refractivity contribution in [3.8, 4) is 5.75 Å². The number of phenolic OH excluding ortho intramolecular Hbond substituents is 1. The second-order valence-electron chi connectivity index (χ2n) is 3.08. The number of phenols is 1. The van der Waals surface area contributed by atoms with Crippen molar-refractivity contribution in [2.24, 2.45) is 0 Å². The minimum absolute atomic E-state index is 0.0574. The van der Waals surface area contributed by atoms with Crippen LogP contribution in [0.1, 0.15) is 17.3 Å². The monoisotopic (exact) mass is 213 g/mol. The highest BCUT2D eigenvalue weighted by molar-refractivity contribution is 6.18. The lowest BCUT2D eigenvalue weighted by Gasteiger charge is -2.10. The van der Waals surface area contributed by atoms with Gasteiger partial charge in [0.1, 0.15) is 5.75 Å². The molecule has 0 aromatic heterocycles. The van der Waals surface area contributed by atoms with Gasteiger partial charge in [-0.05, 0) is 31.2 Å². The highest BCUT2D eigenvalue weighted by Gasteiger charge is 2.08. The molecule has 0 aliphatic carbocycles. The predicted molar refractivity (Wildman–Crippen MR) is 55.8 cm³/mol. The summed E-state index contributed by atoms with van der Waals surface area (Å²) in [5.41, 5.74) is 0.514. The van der Waals surface area contributed by atoms with E-state index in [1.807, 2.05) is 6.92 Å². The molecule has 0 fully saturated rings. The van der Waals surface area contributed by atoms with E-state index in [4.69, 9.17) is 16.7 Å². The van der Waals surface area contributed by atoms with Crippen molar-refractivity contribution < 1.29 is 9.90 Å². The molecule has 0 aliphatic heterocycles. The topological polar surface area (TPSA) is 49.3 Å². The fraction of sp³-hybridized carbons (Fsp3) is 0.300. The number of halogens is 1. The number of amides is 1. The molecule has 2 N–H and O–H groups in total. The molecule has 0 spiro atoms. The van der Waals surface area contributed by atoms with Gasteiger partial charge in [0.05, 0.1) is 0 Å². The lowest BCUT2D eigenvalue weighted by molar-refractivity contribution is 0.0943. The number of carbonyl (C=O) groups is 1. The van der Waals surface area contributed by atoms with Gasteiger partial charge in [0.25, 0.3) is 5.91 Å². The maximum Gasteiger partial charge on any atom is 0.251 e. The van der Waals surface area contributed by atoms with Crippen molar-refractivity contribution in [1.29, 1.82) is 0 Å². The van der Waals surface area contributed by atoms with E-state index >= 15 is 0 Å². The summed E-state index contributed by atoms with van der Waals surface area (Å²) in [5, 5.41) is 11.7. The van der Waals surface area contributed by atoms with E-state index in [0.29, 0.717) is 11.4 Å². The predicted octanol–water partition coefficient (Wildman–Crippen LogP) is 1.75. The average molecular weight is 214 g/mol. The Labute approximate surface area is 87.7 Å². The third-order valence-corrected chi connectivity index (χ3v) is 2.20. The molecule has 0 saturated carbocycles. The lowest BCUT2D eigenvalue weighted by atomic mass is 10.2. The summed E-state index contributed by atoms with van der Waals surface area (Å²) < 4.78 is 0. The molecule has 1 amide bonds. The van der Waals surface area contributed by atoms with Gasteiger partial charge in [0.2, 0.25) is 0 Å². The van der Waals surface area contributed by atoms with E-state index in [2.05, 4.69) is 5.32 Å².